The van der Waals surface area contributed by atoms with Crippen molar-refractivity contribution < 1.29 is 18.0 Å². The van der Waals surface area contributed by atoms with Gasteiger partial charge < -0.3 is 5.32 Å². The van der Waals surface area contributed by atoms with Crippen molar-refractivity contribution in [3.8, 4) is 0 Å². The maximum absolute atomic E-state index is 13.4. The van der Waals surface area contributed by atoms with Gasteiger partial charge in [-0.25, -0.2) is 13.8 Å². The third-order valence-corrected chi connectivity index (χ3v) is 7.69. The lowest BCUT2D eigenvalue weighted by molar-refractivity contribution is -0.121. The minimum absolute atomic E-state index is 0.00771. The molecule has 8 nitrogen and oxygen atoms in total. The highest BCUT2D eigenvalue weighted by Crippen LogP contribution is 2.24. The van der Waals surface area contributed by atoms with E-state index in [0.29, 0.717) is 22.7 Å². The molecule has 0 unspecified atom stereocenters. The number of hydrogen-bond acceptors (Lipinski definition) is 5. The standard InChI is InChI=1S/C25H24Cl2N4O4S/c1-18(32)29-21-10-12-22(13-11-21)36(34,35)31(15-14-19-6-3-2-4-7-19)17-24(33)30-28-16-20-8-5-9-23(26)25(20)27/h2-13,16H,14-15,17H2,1H3,(H,29,32)(H,30,33)/b28-16-. The number of amides is 2. The number of nitrogens with one attached hydrogen (secondary N) is 2. The fourth-order valence-electron chi connectivity index (χ4n) is 3.23. The zero-order valence-corrected chi connectivity index (χ0v) is 21.6. The Balaban J connectivity index is 1.77. The van der Waals surface area contributed by atoms with E-state index in [1.54, 1.807) is 18.2 Å². The molecule has 188 valence electrons. The minimum Gasteiger partial charge on any atom is -0.326 e. The van der Waals surface area contributed by atoms with Crippen LogP contribution < -0.4 is 10.7 Å². The van der Waals surface area contributed by atoms with Gasteiger partial charge in [-0.05, 0) is 42.3 Å². The molecule has 36 heavy (non-hydrogen) atoms. The molecule has 0 spiro atoms. The summed E-state index contributed by atoms with van der Waals surface area (Å²) in [6.07, 6.45) is 1.73. The van der Waals surface area contributed by atoms with Gasteiger partial charge >= 0.3 is 0 Å². The van der Waals surface area contributed by atoms with Crippen molar-refractivity contribution >= 4 is 56.9 Å². The third kappa shape index (κ3) is 7.63. The number of hydrogen-bond donors (Lipinski definition) is 2. The van der Waals surface area contributed by atoms with E-state index in [4.69, 9.17) is 23.2 Å². The first kappa shape index (κ1) is 27.3. The monoisotopic (exact) mass is 546 g/mol. The average Bonchev–Trinajstić information content (AvgIpc) is 2.85. The Hall–Kier alpha value is -3.24. The first-order valence-electron chi connectivity index (χ1n) is 10.8. The molecule has 0 aromatic heterocycles. The molecule has 11 heteroatoms. The summed E-state index contributed by atoms with van der Waals surface area (Å²) in [4.78, 5) is 23.9. The van der Waals surface area contributed by atoms with Crippen LogP contribution in [0.1, 0.15) is 18.1 Å². The molecule has 0 aliphatic heterocycles. The molecular formula is C25H24Cl2N4O4S. The Bertz CT molecular complexity index is 1350. The number of carbonyl (C=O) groups excluding carboxylic acids is 2. The Morgan fingerprint density at radius 1 is 0.972 bits per heavy atom. The van der Waals surface area contributed by atoms with E-state index in [1.165, 1.54) is 37.4 Å². The van der Waals surface area contributed by atoms with Crippen LogP contribution in [0.4, 0.5) is 5.69 Å². The van der Waals surface area contributed by atoms with E-state index in [-0.39, 0.29) is 22.4 Å². The van der Waals surface area contributed by atoms with Crippen molar-refractivity contribution in [3.63, 3.8) is 0 Å². The number of carbonyl (C=O) groups is 2. The Labute approximate surface area is 220 Å². The molecular weight excluding hydrogens is 523 g/mol. The number of anilines is 1. The minimum atomic E-state index is -4.03. The number of nitrogens with zero attached hydrogens (tertiary/aromatic N) is 2. The van der Waals surface area contributed by atoms with Gasteiger partial charge in [-0.1, -0.05) is 65.7 Å². The molecule has 0 atom stereocenters. The molecule has 0 aliphatic carbocycles. The van der Waals surface area contributed by atoms with Crippen LogP contribution in [0.5, 0.6) is 0 Å². The van der Waals surface area contributed by atoms with E-state index in [2.05, 4.69) is 15.8 Å². The van der Waals surface area contributed by atoms with Gasteiger partial charge in [0.05, 0.1) is 27.7 Å². The second-order valence-electron chi connectivity index (χ2n) is 7.72. The van der Waals surface area contributed by atoms with Crippen LogP contribution in [0.3, 0.4) is 0 Å². The molecule has 2 amide bonds. The summed E-state index contributed by atoms with van der Waals surface area (Å²) in [6, 6.07) is 20.1. The van der Waals surface area contributed by atoms with E-state index in [0.717, 1.165) is 9.87 Å². The van der Waals surface area contributed by atoms with Gasteiger partial charge in [-0.2, -0.15) is 9.41 Å². The van der Waals surface area contributed by atoms with Crippen molar-refractivity contribution in [2.45, 2.75) is 18.2 Å². The summed E-state index contributed by atoms with van der Waals surface area (Å²) in [7, 11) is -4.03. The van der Waals surface area contributed by atoms with Crippen LogP contribution in [-0.2, 0) is 26.0 Å². The molecule has 2 N–H and O–H groups in total. The van der Waals surface area contributed by atoms with Crippen LogP contribution in [0.15, 0.2) is 82.8 Å². The van der Waals surface area contributed by atoms with Crippen LogP contribution in [-0.4, -0.2) is 43.8 Å². The second-order valence-corrected chi connectivity index (χ2v) is 10.4. The van der Waals surface area contributed by atoms with E-state index < -0.39 is 22.5 Å². The number of rotatable bonds is 10. The van der Waals surface area contributed by atoms with Gasteiger partial charge in [0.1, 0.15) is 0 Å². The van der Waals surface area contributed by atoms with Crippen LogP contribution in [0.2, 0.25) is 10.0 Å². The van der Waals surface area contributed by atoms with Crippen molar-refractivity contribution in [2.24, 2.45) is 5.10 Å². The fourth-order valence-corrected chi connectivity index (χ4v) is 4.99. The zero-order chi connectivity index (χ0) is 26.1. The lowest BCUT2D eigenvalue weighted by Crippen LogP contribution is -2.40. The van der Waals surface area contributed by atoms with Crippen LogP contribution in [0.25, 0.3) is 0 Å². The summed E-state index contributed by atoms with van der Waals surface area (Å²) in [6.45, 7) is 0.970. The average molecular weight is 547 g/mol. The molecule has 0 saturated carbocycles. The summed E-state index contributed by atoms with van der Waals surface area (Å²) in [5.41, 5.74) is 4.22. The first-order valence-corrected chi connectivity index (χ1v) is 13.0. The maximum atomic E-state index is 13.4. The molecule has 0 radical (unpaired) electrons. The maximum Gasteiger partial charge on any atom is 0.255 e. The van der Waals surface area contributed by atoms with Gasteiger partial charge in [-0.15, -0.1) is 0 Å². The molecule has 0 fully saturated rings. The van der Waals surface area contributed by atoms with Gasteiger partial charge in [0.15, 0.2) is 0 Å². The highest BCUT2D eigenvalue weighted by molar-refractivity contribution is 7.89. The molecule has 3 rings (SSSR count). The zero-order valence-electron chi connectivity index (χ0n) is 19.3. The number of sulfonamides is 1. The predicted octanol–water partition coefficient (Wildman–Crippen LogP) is 4.34. The lowest BCUT2D eigenvalue weighted by atomic mass is 10.1. The van der Waals surface area contributed by atoms with Gasteiger partial charge in [0, 0.05) is 24.7 Å². The first-order chi connectivity index (χ1) is 17.2. The molecule has 3 aromatic rings. The Morgan fingerprint density at radius 3 is 2.33 bits per heavy atom. The molecule has 3 aromatic carbocycles. The third-order valence-electron chi connectivity index (χ3n) is 5.00. The fraction of sp³-hybridized carbons (Fsp3) is 0.160. The summed E-state index contributed by atoms with van der Waals surface area (Å²) in [5.74, 6) is -0.901. The van der Waals surface area contributed by atoms with Gasteiger partial charge in [0.25, 0.3) is 5.91 Å². The second kappa shape index (κ2) is 12.6. The highest BCUT2D eigenvalue weighted by Gasteiger charge is 2.26. The van der Waals surface area contributed by atoms with Crippen LogP contribution in [0, 0.1) is 0 Å². The normalized spacial score (nSPS) is 11.6. The van der Waals surface area contributed by atoms with Gasteiger partial charge in [-0.3, -0.25) is 9.59 Å². The van der Waals surface area contributed by atoms with Crippen molar-refractivity contribution in [1.29, 1.82) is 0 Å². The summed E-state index contributed by atoms with van der Waals surface area (Å²) < 4.78 is 27.9. The van der Waals surface area contributed by atoms with Crippen LogP contribution >= 0.6 is 23.2 Å². The highest BCUT2D eigenvalue weighted by atomic mass is 35.5. The number of benzene rings is 3. The van der Waals surface area contributed by atoms with Gasteiger partial charge in [0.2, 0.25) is 15.9 Å². The van der Waals surface area contributed by atoms with Crippen molar-refractivity contribution in [2.75, 3.05) is 18.4 Å². The SMILES string of the molecule is CC(=O)Nc1ccc(S(=O)(=O)N(CCc2ccccc2)CC(=O)N/N=C\c2cccc(Cl)c2Cl)cc1. The summed E-state index contributed by atoms with van der Waals surface area (Å²) in [5, 5.41) is 7.10. The molecule has 0 aliphatic rings. The molecule has 0 bridgehead atoms. The number of hydrazone groups is 1. The van der Waals surface area contributed by atoms with E-state index in [1.807, 2.05) is 30.3 Å². The molecule has 0 heterocycles. The van der Waals surface area contributed by atoms with E-state index in [9.17, 15) is 18.0 Å². The largest absolute Gasteiger partial charge is 0.326 e. The predicted molar refractivity (Wildman–Crippen MR) is 142 cm³/mol. The quantitative estimate of drug-likeness (QED) is 0.291. The Morgan fingerprint density at radius 2 is 1.67 bits per heavy atom. The lowest BCUT2D eigenvalue weighted by Gasteiger charge is -2.21. The van der Waals surface area contributed by atoms with Crippen molar-refractivity contribution in [1.82, 2.24) is 9.73 Å². The van der Waals surface area contributed by atoms with E-state index >= 15 is 0 Å². The Kier molecular flexibility index (Phi) is 9.60. The topological polar surface area (TPSA) is 108 Å². The van der Waals surface area contributed by atoms with Crippen molar-refractivity contribution in [3.05, 3.63) is 94.0 Å². The molecule has 0 saturated heterocycles. The number of halogens is 2. The smallest absolute Gasteiger partial charge is 0.255 e. The summed E-state index contributed by atoms with van der Waals surface area (Å²) >= 11 is 12.1.